The van der Waals surface area contributed by atoms with Gasteiger partial charge in [-0.1, -0.05) is 18.2 Å². The van der Waals surface area contributed by atoms with Crippen LogP contribution in [-0.4, -0.2) is 88.9 Å². The highest BCUT2D eigenvalue weighted by Crippen LogP contribution is 2.36. The van der Waals surface area contributed by atoms with Crippen molar-refractivity contribution in [1.29, 1.82) is 0 Å². The topological polar surface area (TPSA) is 110 Å². The molecular formula is C28H32ClFN8O2. The summed E-state index contributed by atoms with van der Waals surface area (Å²) in [6, 6.07) is 9.45. The van der Waals surface area contributed by atoms with E-state index in [1.165, 1.54) is 18.2 Å². The van der Waals surface area contributed by atoms with Gasteiger partial charge in [-0.05, 0) is 37.4 Å². The molecule has 2 fully saturated rings. The van der Waals surface area contributed by atoms with Crippen LogP contribution in [-0.2, 0) is 4.79 Å². The number of aliphatic hydroxyl groups is 1. The van der Waals surface area contributed by atoms with E-state index in [4.69, 9.17) is 11.6 Å². The van der Waals surface area contributed by atoms with Gasteiger partial charge in [-0.15, -0.1) is 10.2 Å². The zero-order valence-electron chi connectivity index (χ0n) is 22.3. The van der Waals surface area contributed by atoms with Gasteiger partial charge in [0, 0.05) is 80.8 Å². The zero-order valence-corrected chi connectivity index (χ0v) is 23.0. The third kappa shape index (κ3) is 6.67. The molecule has 0 saturated carbocycles. The average Bonchev–Trinajstić information content (AvgIpc) is 2.90. The first-order valence-corrected chi connectivity index (χ1v) is 13.5. The van der Waals surface area contributed by atoms with Crippen LogP contribution in [0.3, 0.4) is 0 Å². The molecule has 0 bridgehead atoms. The Balaban J connectivity index is 1.32. The van der Waals surface area contributed by atoms with E-state index in [0.717, 1.165) is 26.2 Å². The summed E-state index contributed by atoms with van der Waals surface area (Å²) in [7, 11) is 2.10. The van der Waals surface area contributed by atoms with E-state index >= 15 is 0 Å². The lowest BCUT2D eigenvalue weighted by Crippen LogP contribution is -2.48. The molecule has 2 saturated heterocycles. The lowest BCUT2D eigenvalue weighted by Gasteiger charge is -2.40. The lowest BCUT2D eigenvalue weighted by atomic mass is 9.98. The highest BCUT2D eigenvalue weighted by Gasteiger charge is 2.32. The predicted octanol–water partition coefficient (Wildman–Crippen LogP) is 4.16. The van der Waals surface area contributed by atoms with Crippen LogP contribution in [0.1, 0.15) is 6.42 Å². The van der Waals surface area contributed by atoms with Crippen molar-refractivity contribution in [2.75, 3.05) is 68.4 Å². The fraction of sp³-hybridized carbons (Fsp3) is 0.357. The van der Waals surface area contributed by atoms with Gasteiger partial charge < -0.3 is 30.4 Å². The molecule has 1 amide bonds. The Morgan fingerprint density at radius 1 is 1.15 bits per heavy atom. The number of nitrogens with one attached hydrogen (secondary N) is 2. The monoisotopic (exact) mass is 566 g/mol. The van der Waals surface area contributed by atoms with Gasteiger partial charge in [-0.25, -0.2) is 9.37 Å². The third-order valence-corrected chi connectivity index (χ3v) is 7.42. The molecule has 5 rings (SSSR count). The van der Waals surface area contributed by atoms with Gasteiger partial charge in [0.25, 0.3) is 0 Å². The van der Waals surface area contributed by atoms with Crippen LogP contribution in [0.2, 0.25) is 5.02 Å². The van der Waals surface area contributed by atoms with Crippen molar-refractivity contribution in [3.8, 4) is 11.3 Å². The van der Waals surface area contributed by atoms with Gasteiger partial charge in [0.15, 0.2) is 5.82 Å². The number of pyridine rings is 1. The minimum absolute atomic E-state index is 0.0618. The molecule has 0 aliphatic carbocycles. The molecule has 0 unspecified atom stereocenters. The fourth-order valence-corrected chi connectivity index (χ4v) is 4.84. The Labute approximate surface area is 237 Å². The molecule has 3 N–H and O–H groups in total. The van der Waals surface area contributed by atoms with E-state index in [9.17, 15) is 14.3 Å². The standard InChI is InChI=1S/C28H32ClFN8O2/c1-18(39)19-16-38(17-19)28-25(15-24(34-35-28)22-13-20(29)3-4-23(22)30)32-21-5-7-31-26(14-21)33-27(40)6-8-37-11-9-36(2)10-12-37/h3-5,7,13-15,19,39H,1,6,8-12,16-17H2,2H3,(H2,31,32,33,34,40). The van der Waals surface area contributed by atoms with E-state index in [-0.39, 0.29) is 23.1 Å². The molecule has 0 radical (unpaired) electrons. The predicted molar refractivity (Wildman–Crippen MR) is 155 cm³/mol. The molecule has 3 aromatic rings. The van der Waals surface area contributed by atoms with E-state index in [1.807, 2.05) is 4.90 Å². The van der Waals surface area contributed by atoms with Gasteiger partial charge in [-0.3, -0.25) is 4.79 Å². The first-order chi connectivity index (χ1) is 19.2. The number of halogens is 2. The second-order valence-electron chi connectivity index (χ2n) is 10.2. The number of benzene rings is 1. The van der Waals surface area contributed by atoms with Gasteiger partial charge in [0.1, 0.15) is 11.6 Å². The van der Waals surface area contributed by atoms with Crippen LogP contribution in [0.15, 0.2) is 54.9 Å². The Bertz CT molecular complexity index is 1390. The average molecular weight is 567 g/mol. The number of rotatable bonds is 9. The molecule has 0 atom stereocenters. The number of carbonyl (C=O) groups excluding carboxylic acids is 1. The number of anilines is 4. The maximum absolute atomic E-state index is 14.6. The number of carbonyl (C=O) groups is 1. The van der Waals surface area contributed by atoms with Crippen LogP contribution in [0.4, 0.5) is 27.4 Å². The molecular weight excluding hydrogens is 535 g/mol. The molecule has 210 valence electrons. The van der Waals surface area contributed by atoms with E-state index in [0.29, 0.717) is 59.8 Å². The number of piperazine rings is 1. The van der Waals surface area contributed by atoms with Gasteiger partial charge in [0.05, 0.1) is 23.1 Å². The first kappa shape index (κ1) is 27.8. The minimum atomic E-state index is -0.469. The van der Waals surface area contributed by atoms with Crippen LogP contribution in [0.5, 0.6) is 0 Å². The Morgan fingerprint density at radius 3 is 2.67 bits per heavy atom. The maximum Gasteiger partial charge on any atom is 0.226 e. The highest BCUT2D eigenvalue weighted by molar-refractivity contribution is 6.30. The number of nitrogens with zero attached hydrogens (tertiary/aromatic N) is 6. The number of hydrogen-bond acceptors (Lipinski definition) is 9. The van der Waals surface area contributed by atoms with Crippen molar-refractivity contribution in [3.63, 3.8) is 0 Å². The van der Waals surface area contributed by atoms with Crippen LogP contribution < -0.4 is 15.5 Å². The molecule has 40 heavy (non-hydrogen) atoms. The van der Waals surface area contributed by atoms with Crippen molar-refractivity contribution in [3.05, 3.63) is 65.8 Å². The molecule has 2 aliphatic rings. The van der Waals surface area contributed by atoms with E-state index in [2.05, 4.69) is 49.2 Å². The van der Waals surface area contributed by atoms with Gasteiger partial charge in [-0.2, -0.15) is 0 Å². The molecule has 10 nitrogen and oxygen atoms in total. The summed E-state index contributed by atoms with van der Waals surface area (Å²) in [5, 5.41) is 25.0. The number of aliphatic hydroxyl groups excluding tert-OH is 1. The van der Waals surface area contributed by atoms with E-state index < -0.39 is 5.82 Å². The summed E-state index contributed by atoms with van der Waals surface area (Å²) in [4.78, 5) is 23.4. The SMILES string of the molecule is C=C(O)C1CN(c2nnc(-c3cc(Cl)ccc3F)cc2Nc2ccnc(NC(=O)CCN3CCN(C)CC3)c2)C1. The third-order valence-electron chi connectivity index (χ3n) is 7.19. The summed E-state index contributed by atoms with van der Waals surface area (Å²) in [6.45, 7) is 9.27. The van der Waals surface area contributed by atoms with Gasteiger partial charge in [0.2, 0.25) is 5.91 Å². The van der Waals surface area contributed by atoms with Crippen molar-refractivity contribution < 1.29 is 14.3 Å². The Morgan fingerprint density at radius 2 is 1.93 bits per heavy atom. The largest absolute Gasteiger partial charge is 0.513 e. The summed E-state index contributed by atoms with van der Waals surface area (Å²) < 4.78 is 14.6. The molecule has 4 heterocycles. The second-order valence-corrected chi connectivity index (χ2v) is 10.6. The highest BCUT2D eigenvalue weighted by atomic mass is 35.5. The number of likely N-dealkylation sites (N-methyl/N-ethyl adjacent to an activating group) is 1. The van der Waals surface area contributed by atoms with E-state index in [1.54, 1.807) is 24.4 Å². The van der Waals surface area contributed by atoms with Crippen molar-refractivity contribution in [1.82, 2.24) is 25.0 Å². The smallest absolute Gasteiger partial charge is 0.226 e. The molecule has 1 aromatic carbocycles. The first-order valence-electron chi connectivity index (χ1n) is 13.1. The molecule has 2 aromatic heterocycles. The summed E-state index contributed by atoms with van der Waals surface area (Å²) in [5.74, 6) is 0.441. The lowest BCUT2D eigenvalue weighted by molar-refractivity contribution is -0.116. The quantitative estimate of drug-likeness (QED) is 0.329. The van der Waals surface area contributed by atoms with Crippen LogP contribution in [0, 0.1) is 11.7 Å². The molecule has 12 heteroatoms. The van der Waals surface area contributed by atoms with Crippen molar-refractivity contribution in [2.45, 2.75) is 6.42 Å². The number of aromatic nitrogens is 3. The molecule has 0 spiro atoms. The van der Waals surface area contributed by atoms with Crippen molar-refractivity contribution >= 4 is 40.5 Å². The number of hydrogen-bond donors (Lipinski definition) is 3. The summed E-state index contributed by atoms with van der Waals surface area (Å²) in [5.41, 5.74) is 1.76. The van der Waals surface area contributed by atoms with Crippen LogP contribution >= 0.6 is 11.6 Å². The maximum atomic E-state index is 14.6. The number of amides is 1. The van der Waals surface area contributed by atoms with Gasteiger partial charge >= 0.3 is 0 Å². The Hall–Kier alpha value is -3.80. The second kappa shape index (κ2) is 12.2. The summed E-state index contributed by atoms with van der Waals surface area (Å²) in [6.07, 6.45) is 1.97. The fourth-order valence-electron chi connectivity index (χ4n) is 4.67. The van der Waals surface area contributed by atoms with Crippen LogP contribution in [0.25, 0.3) is 11.3 Å². The summed E-state index contributed by atoms with van der Waals surface area (Å²) >= 11 is 6.11. The normalized spacial score (nSPS) is 16.4. The molecule has 2 aliphatic heterocycles. The zero-order chi connectivity index (χ0) is 28.2. The minimum Gasteiger partial charge on any atom is -0.513 e. The van der Waals surface area contributed by atoms with Crippen molar-refractivity contribution in [2.24, 2.45) is 5.92 Å². The Kier molecular flexibility index (Phi) is 8.43.